The first kappa shape index (κ1) is 16.6. The molecule has 3 heterocycles. The highest BCUT2D eigenvalue weighted by atomic mass is 16.2. The van der Waals surface area contributed by atoms with Crippen LogP contribution in [0.5, 0.6) is 0 Å². The van der Waals surface area contributed by atoms with Crippen molar-refractivity contribution in [2.75, 3.05) is 7.05 Å². The van der Waals surface area contributed by atoms with Crippen molar-refractivity contribution in [3.8, 4) is 0 Å². The molecule has 0 unspecified atom stereocenters. The second-order valence-corrected chi connectivity index (χ2v) is 5.83. The van der Waals surface area contributed by atoms with Gasteiger partial charge in [-0.25, -0.2) is 14.3 Å². The maximum Gasteiger partial charge on any atom is 0.332 e. The fraction of sp³-hybridized carbons (Fsp3) is 0.312. The molecule has 130 valence electrons. The minimum absolute atomic E-state index is 0.280. The van der Waals surface area contributed by atoms with Gasteiger partial charge in [-0.2, -0.15) is 0 Å². The lowest BCUT2D eigenvalue weighted by molar-refractivity contribution is -0.131. The number of imidazole rings is 1. The molecule has 0 aliphatic rings. The summed E-state index contributed by atoms with van der Waals surface area (Å²) in [5.41, 5.74) is 0.194. The van der Waals surface area contributed by atoms with Gasteiger partial charge in [-0.3, -0.25) is 19.1 Å². The highest BCUT2D eigenvalue weighted by molar-refractivity contribution is 5.76. The number of hydrogen-bond acceptors (Lipinski definition) is 5. The molecule has 0 atom stereocenters. The highest BCUT2D eigenvalue weighted by Gasteiger charge is 2.18. The lowest BCUT2D eigenvalue weighted by Crippen LogP contribution is -2.43. The second-order valence-electron chi connectivity index (χ2n) is 5.83. The number of likely N-dealkylation sites (N-methyl/N-ethyl adjacent to an activating group) is 1. The van der Waals surface area contributed by atoms with Crippen LogP contribution in [0.4, 0.5) is 0 Å². The van der Waals surface area contributed by atoms with E-state index in [9.17, 15) is 14.4 Å². The van der Waals surface area contributed by atoms with E-state index in [4.69, 9.17) is 0 Å². The van der Waals surface area contributed by atoms with E-state index in [2.05, 4.69) is 9.97 Å². The molecule has 3 rings (SSSR count). The van der Waals surface area contributed by atoms with E-state index in [-0.39, 0.29) is 18.0 Å². The van der Waals surface area contributed by atoms with Crippen molar-refractivity contribution in [3.05, 3.63) is 57.3 Å². The summed E-state index contributed by atoms with van der Waals surface area (Å²) in [6.07, 6.45) is 3.11. The fourth-order valence-electron chi connectivity index (χ4n) is 2.61. The third kappa shape index (κ3) is 2.95. The van der Waals surface area contributed by atoms with Gasteiger partial charge in [-0.05, 0) is 12.1 Å². The van der Waals surface area contributed by atoms with Crippen molar-refractivity contribution in [2.24, 2.45) is 14.1 Å². The number of carbonyl (C=O) groups is 1. The molecule has 3 aromatic heterocycles. The largest absolute Gasteiger partial charge is 0.338 e. The first-order chi connectivity index (χ1) is 11.9. The van der Waals surface area contributed by atoms with Crippen LogP contribution in [-0.2, 0) is 32.0 Å². The molecule has 0 spiro atoms. The molecule has 3 aromatic rings. The van der Waals surface area contributed by atoms with Crippen molar-refractivity contribution in [3.63, 3.8) is 0 Å². The van der Waals surface area contributed by atoms with Crippen LogP contribution in [0, 0.1) is 0 Å². The van der Waals surface area contributed by atoms with Crippen LogP contribution in [-0.4, -0.2) is 41.5 Å². The Bertz CT molecular complexity index is 1050. The van der Waals surface area contributed by atoms with E-state index < -0.39 is 11.2 Å². The second kappa shape index (κ2) is 6.34. The van der Waals surface area contributed by atoms with E-state index in [1.807, 2.05) is 6.07 Å². The predicted octanol–water partition coefficient (Wildman–Crippen LogP) is -0.513. The minimum atomic E-state index is -0.573. The van der Waals surface area contributed by atoms with Crippen molar-refractivity contribution in [2.45, 2.75) is 13.1 Å². The molecule has 25 heavy (non-hydrogen) atoms. The molecule has 9 nitrogen and oxygen atoms in total. The maximum absolute atomic E-state index is 12.6. The molecular formula is C16H18N6O3. The molecule has 0 radical (unpaired) electrons. The van der Waals surface area contributed by atoms with Gasteiger partial charge >= 0.3 is 5.69 Å². The van der Waals surface area contributed by atoms with Crippen molar-refractivity contribution < 1.29 is 4.79 Å². The van der Waals surface area contributed by atoms with Crippen molar-refractivity contribution in [1.29, 1.82) is 0 Å². The summed E-state index contributed by atoms with van der Waals surface area (Å²) >= 11 is 0. The average molecular weight is 342 g/mol. The number of carbonyl (C=O) groups excluding carboxylic acids is 1. The molecule has 1 amide bonds. The number of amides is 1. The molecule has 0 fully saturated rings. The van der Waals surface area contributed by atoms with Gasteiger partial charge in [-0.1, -0.05) is 6.07 Å². The zero-order valence-electron chi connectivity index (χ0n) is 14.2. The van der Waals surface area contributed by atoms with Crippen LogP contribution < -0.4 is 11.2 Å². The lowest BCUT2D eigenvalue weighted by Gasteiger charge is -2.17. The molecule has 0 saturated heterocycles. The van der Waals surface area contributed by atoms with Gasteiger partial charge in [0.05, 0.1) is 18.6 Å². The van der Waals surface area contributed by atoms with Crippen molar-refractivity contribution in [1.82, 2.24) is 28.6 Å². The number of fused-ring (bicyclic) bond motifs is 1. The smallest absolute Gasteiger partial charge is 0.332 e. The zero-order chi connectivity index (χ0) is 18.1. The summed E-state index contributed by atoms with van der Waals surface area (Å²) in [7, 11) is 4.80. The maximum atomic E-state index is 12.6. The third-order valence-corrected chi connectivity index (χ3v) is 4.05. The quantitative estimate of drug-likeness (QED) is 0.636. The van der Waals surface area contributed by atoms with E-state index in [0.717, 1.165) is 10.3 Å². The van der Waals surface area contributed by atoms with E-state index in [0.29, 0.717) is 12.2 Å². The SMILES string of the molecule is CN(Cc1ccccn1)C(=O)Cn1c(=O)c2c(ncn2C)n(C)c1=O. The number of rotatable bonds is 4. The Morgan fingerprint density at radius 3 is 2.64 bits per heavy atom. The molecule has 0 aliphatic carbocycles. The normalized spacial score (nSPS) is 11.0. The van der Waals surface area contributed by atoms with Gasteiger partial charge in [0.25, 0.3) is 5.56 Å². The number of pyridine rings is 1. The van der Waals surface area contributed by atoms with Gasteiger partial charge in [-0.15, -0.1) is 0 Å². The molecule has 0 saturated carbocycles. The van der Waals surface area contributed by atoms with E-state index >= 15 is 0 Å². The molecule has 9 heteroatoms. The van der Waals surface area contributed by atoms with Crippen LogP contribution >= 0.6 is 0 Å². The summed E-state index contributed by atoms with van der Waals surface area (Å²) < 4.78 is 3.74. The molecule has 0 aromatic carbocycles. The number of aromatic nitrogens is 5. The van der Waals surface area contributed by atoms with E-state index in [1.165, 1.54) is 27.4 Å². The molecule has 0 aliphatic heterocycles. The number of nitrogens with zero attached hydrogens (tertiary/aromatic N) is 6. The minimum Gasteiger partial charge on any atom is -0.338 e. The topological polar surface area (TPSA) is 95.0 Å². The third-order valence-electron chi connectivity index (χ3n) is 4.05. The number of hydrogen-bond donors (Lipinski definition) is 0. The summed E-state index contributed by atoms with van der Waals surface area (Å²) in [6, 6.07) is 5.42. The Kier molecular flexibility index (Phi) is 4.22. The van der Waals surface area contributed by atoms with Gasteiger partial charge < -0.3 is 9.47 Å². The van der Waals surface area contributed by atoms with Crippen LogP contribution in [0.25, 0.3) is 11.2 Å². The van der Waals surface area contributed by atoms with Crippen LogP contribution in [0.2, 0.25) is 0 Å². The Morgan fingerprint density at radius 2 is 1.96 bits per heavy atom. The van der Waals surface area contributed by atoms with Crippen LogP contribution in [0.1, 0.15) is 5.69 Å². The Labute approximate surface area is 142 Å². The zero-order valence-corrected chi connectivity index (χ0v) is 14.2. The predicted molar refractivity (Wildman–Crippen MR) is 90.9 cm³/mol. The van der Waals surface area contributed by atoms with Crippen molar-refractivity contribution >= 4 is 17.1 Å². The average Bonchev–Trinajstić information content (AvgIpc) is 2.99. The summed E-state index contributed by atoms with van der Waals surface area (Å²) in [4.78, 5) is 47.1. The molecule has 0 bridgehead atoms. The summed E-state index contributed by atoms with van der Waals surface area (Å²) in [5.74, 6) is -0.355. The fourth-order valence-corrected chi connectivity index (χ4v) is 2.61. The first-order valence-electron chi connectivity index (χ1n) is 7.65. The Morgan fingerprint density at radius 1 is 1.20 bits per heavy atom. The van der Waals surface area contributed by atoms with Gasteiger partial charge in [0.15, 0.2) is 11.2 Å². The lowest BCUT2D eigenvalue weighted by atomic mass is 10.3. The highest BCUT2D eigenvalue weighted by Crippen LogP contribution is 2.04. The van der Waals surface area contributed by atoms with Gasteiger partial charge in [0.2, 0.25) is 5.91 Å². The molecular weight excluding hydrogens is 324 g/mol. The molecule has 0 N–H and O–H groups in total. The van der Waals surface area contributed by atoms with Gasteiger partial charge in [0, 0.05) is 27.3 Å². The summed E-state index contributed by atoms with van der Waals surface area (Å²) in [5, 5.41) is 0. The van der Waals surface area contributed by atoms with Crippen LogP contribution in [0.3, 0.4) is 0 Å². The number of aryl methyl sites for hydroxylation is 2. The standard InChI is InChI=1S/C16H18N6O3/c1-19(8-11-6-4-5-7-17-11)12(23)9-22-15(24)13-14(18-10-20(13)2)21(3)16(22)25/h4-7,10H,8-9H2,1-3H3. The van der Waals surface area contributed by atoms with Crippen LogP contribution in [0.15, 0.2) is 40.3 Å². The Balaban J connectivity index is 1.92. The monoisotopic (exact) mass is 342 g/mol. The Hall–Kier alpha value is -3.23. The first-order valence-corrected chi connectivity index (χ1v) is 7.65. The summed E-state index contributed by atoms with van der Waals surface area (Å²) in [6.45, 7) is -0.0430. The van der Waals surface area contributed by atoms with Gasteiger partial charge in [0.1, 0.15) is 6.54 Å². The van der Waals surface area contributed by atoms with E-state index in [1.54, 1.807) is 32.4 Å².